The first kappa shape index (κ1) is 14.5. The van der Waals surface area contributed by atoms with E-state index in [1.807, 2.05) is 6.07 Å². The second-order valence-electron chi connectivity index (χ2n) is 3.91. The minimum Gasteiger partial charge on any atom is -0.481 e. The number of methoxy groups -OCH3 is 1. The Kier molecular flexibility index (Phi) is 5.43. The molecule has 5 heteroatoms. The van der Waals surface area contributed by atoms with Crippen molar-refractivity contribution in [1.82, 2.24) is 0 Å². The molecule has 1 N–H and O–H groups in total. The van der Waals surface area contributed by atoms with Crippen LogP contribution in [-0.2, 0) is 22.6 Å². The number of hydrogen-bond donors (Lipinski definition) is 1. The first-order valence-electron chi connectivity index (χ1n) is 5.14. The van der Waals surface area contributed by atoms with Crippen LogP contribution in [0.1, 0.15) is 18.1 Å². The van der Waals surface area contributed by atoms with Crippen molar-refractivity contribution in [2.45, 2.75) is 20.0 Å². The Morgan fingerprint density at radius 1 is 1.59 bits per heavy atom. The van der Waals surface area contributed by atoms with Gasteiger partial charge in [0.2, 0.25) is 0 Å². The van der Waals surface area contributed by atoms with Gasteiger partial charge in [0, 0.05) is 22.2 Å². The predicted molar refractivity (Wildman–Crippen MR) is 70.4 cm³/mol. The molecule has 3 nitrogen and oxygen atoms in total. The minimum atomic E-state index is -0.807. The molecule has 0 saturated heterocycles. The van der Waals surface area contributed by atoms with Crippen molar-refractivity contribution in [3.63, 3.8) is 0 Å². The fourth-order valence-corrected chi connectivity index (χ4v) is 2.53. The lowest BCUT2D eigenvalue weighted by molar-refractivity contribution is -0.141. The van der Waals surface area contributed by atoms with E-state index >= 15 is 0 Å². The Labute approximate surface area is 114 Å². The molecule has 1 unspecified atom stereocenters. The van der Waals surface area contributed by atoms with E-state index in [4.69, 9.17) is 21.4 Å². The van der Waals surface area contributed by atoms with Gasteiger partial charge < -0.3 is 9.84 Å². The molecule has 17 heavy (non-hydrogen) atoms. The van der Waals surface area contributed by atoms with Crippen molar-refractivity contribution in [2.24, 2.45) is 5.92 Å². The van der Waals surface area contributed by atoms with Crippen LogP contribution in [-0.4, -0.2) is 18.2 Å². The van der Waals surface area contributed by atoms with E-state index in [-0.39, 0.29) is 0 Å². The Morgan fingerprint density at radius 3 is 2.71 bits per heavy atom. The minimum absolute atomic E-state index is 0.425. The highest BCUT2D eigenvalue weighted by Crippen LogP contribution is 2.28. The second kappa shape index (κ2) is 6.38. The zero-order valence-corrected chi connectivity index (χ0v) is 12.0. The number of carboxylic acids is 1. The number of carboxylic acid groups (broad SMARTS) is 1. The normalized spacial score (nSPS) is 12.5. The molecule has 1 atom stereocenters. The number of ether oxygens (including phenoxy) is 1. The Morgan fingerprint density at radius 2 is 2.24 bits per heavy atom. The average molecular weight is 322 g/mol. The molecule has 1 aromatic rings. The van der Waals surface area contributed by atoms with E-state index < -0.39 is 11.9 Å². The summed E-state index contributed by atoms with van der Waals surface area (Å²) in [5, 5.41) is 9.45. The summed E-state index contributed by atoms with van der Waals surface area (Å²) < 4.78 is 5.89. The van der Waals surface area contributed by atoms with Crippen LogP contribution in [0.5, 0.6) is 0 Å². The van der Waals surface area contributed by atoms with Crippen molar-refractivity contribution in [2.75, 3.05) is 7.11 Å². The van der Waals surface area contributed by atoms with E-state index in [1.54, 1.807) is 20.1 Å². The van der Waals surface area contributed by atoms with Gasteiger partial charge in [-0.25, -0.2) is 0 Å². The van der Waals surface area contributed by atoms with E-state index in [2.05, 4.69) is 15.9 Å². The van der Waals surface area contributed by atoms with Gasteiger partial charge in [-0.2, -0.15) is 0 Å². The van der Waals surface area contributed by atoms with E-state index in [1.165, 1.54) is 0 Å². The van der Waals surface area contributed by atoms with Crippen molar-refractivity contribution in [3.05, 3.63) is 32.8 Å². The molecule has 0 aliphatic heterocycles. The van der Waals surface area contributed by atoms with Gasteiger partial charge in [0.25, 0.3) is 0 Å². The Hall–Kier alpha value is -0.580. The van der Waals surface area contributed by atoms with Crippen LogP contribution < -0.4 is 0 Å². The number of aliphatic carboxylic acids is 1. The molecule has 0 amide bonds. The highest BCUT2D eigenvalue weighted by Gasteiger charge is 2.14. The van der Waals surface area contributed by atoms with Crippen molar-refractivity contribution in [1.29, 1.82) is 0 Å². The van der Waals surface area contributed by atoms with Crippen LogP contribution in [0.3, 0.4) is 0 Å². The van der Waals surface area contributed by atoms with Crippen LogP contribution >= 0.6 is 27.5 Å². The third-order valence-corrected chi connectivity index (χ3v) is 3.50. The maximum Gasteiger partial charge on any atom is 0.306 e. The zero-order valence-electron chi connectivity index (χ0n) is 9.67. The lowest BCUT2D eigenvalue weighted by Gasteiger charge is -2.11. The summed E-state index contributed by atoms with van der Waals surface area (Å²) >= 11 is 9.53. The summed E-state index contributed by atoms with van der Waals surface area (Å²) in [7, 11) is 1.60. The maximum atomic E-state index is 10.8. The molecule has 0 aliphatic carbocycles. The van der Waals surface area contributed by atoms with Crippen LogP contribution in [0.15, 0.2) is 16.6 Å². The van der Waals surface area contributed by atoms with E-state index in [0.29, 0.717) is 18.1 Å². The molecule has 0 bridgehead atoms. The zero-order chi connectivity index (χ0) is 13.0. The summed E-state index contributed by atoms with van der Waals surface area (Å²) in [5.41, 5.74) is 1.78. The summed E-state index contributed by atoms with van der Waals surface area (Å²) in [4.78, 5) is 10.8. The quantitative estimate of drug-likeness (QED) is 0.902. The molecule has 0 fully saturated rings. The largest absolute Gasteiger partial charge is 0.481 e. The van der Waals surface area contributed by atoms with Gasteiger partial charge >= 0.3 is 5.97 Å². The van der Waals surface area contributed by atoms with Crippen LogP contribution in [0.4, 0.5) is 0 Å². The highest BCUT2D eigenvalue weighted by molar-refractivity contribution is 9.10. The molecular weight excluding hydrogens is 307 g/mol. The van der Waals surface area contributed by atoms with Gasteiger partial charge in [0.15, 0.2) is 0 Å². The summed E-state index contributed by atoms with van der Waals surface area (Å²) in [6.07, 6.45) is 0.459. The molecule has 0 aromatic heterocycles. The first-order chi connectivity index (χ1) is 7.95. The van der Waals surface area contributed by atoms with Crippen molar-refractivity contribution in [3.8, 4) is 0 Å². The smallest absolute Gasteiger partial charge is 0.306 e. The van der Waals surface area contributed by atoms with Crippen molar-refractivity contribution < 1.29 is 14.6 Å². The van der Waals surface area contributed by atoms with Gasteiger partial charge in [0.05, 0.1) is 12.5 Å². The fourth-order valence-electron chi connectivity index (χ4n) is 1.50. The van der Waals surface area contributed by atoms with Crippen molar-refractivity contribution >= 4 is 33.5 Å². The van der Waals surface area contributed by atoms with Gasteiger partial charge in [-0.1, -0.05) is 34.5 Å². The van der Waals surface area contributed by atoms with Gasteiger partial charge in [0.1, 0.15) is 0 Å². The van der Waals surface area contributed by atoms with E-state index in [9.17, 15) is 4.79 Å². The van der Waals surface area contributed by atoms with Gasteiger partial charge in [-0.3, -0.25) is 4.79 Å². The lowest BCUT2D eigenvalue weighted by Crippen LogP contribution is -2.12. The number of halogens is 2. The van der Waals surface area contributed by atoms with Crippen LogP contribution in [0.25, 0.3) is 0 Å². The molecule has 94 valence electrons. The fraction of sp³-hybridized carbons (Fsp3) is 0.417. The predicted octanol–water partition coefficient (Wildman–Crippen LogP) is 3.51. The molecule has 0 radical (unpaired) electrons. The lowest BCUT2D eigenvalue weighted by atomic mass is 10.0. The maximum absolute atomic E-state index is 10.8. The Balaban J connectivity index is 2.94. The molecule has 0 saturated carbocycles. The topological polar surface area (TPSA) is 46.5 Å². The third-order valence-electron chi connectivity index (χ3n) is 2.45. The third kappa shape index (κ3) is 3.98. The summed E-state index contributed by atoms with van der Waals surface area (Å²) in [6, 6.07) is 3.68. The summed E-state index contributed by atoms with van der Waals surface area (Å²) in [5.74, 6) is -1.23. The second-order valence-corrected chi connectivity index (χ2v) is 5.18. The molecule has 0 spiro atoms. The monoisotopic (exact) mass is 320 g/mol. The number of benzene rings is 1. The van der Waals surface area contributed by atoms with Gasteiger partial charge in [-0.05, 0) is 24.1 Å². The SMILES string of the molecule is COCc1c(Cl)cc(CC(C)C(=O)O)cc1Br. The van der Waals surface area contributed by atoms with Gasteiger partial charge in [-0.15, -0.1) is 0 Å². The number of hydrogen-bond acceptors (Lipinski definition) is 2. The number of rotatable bonds is 5. The molecule has 0 heterocycles. The average Bonchev–Trinajstić information content (AvgIpc) is 2.23. The number of carbonyl (C=O) groups is 1. The standard InChI is InChI=1S/C12H14BrClO3/c1-7(12(15)16)3-8-4-10(13)9(6-17-2)11(14)5-8/h4-5,7H,3,6H2,1-2H3,(H,15,16). The highest BCUT2D eigenvalue weighted by atomic mass is 79.9. The van der Waals surface area contributed by atoms with Crippen LogP contribution in [0.2, 0.25) is 5.02 Å². The first-order valence-corrected chi connectivity index (χ1v) is 6.31. The molecule has 1 aromatic carbocycles. The molecule has 1 rings (SSSR count). The molecule has 0 aliphatic rings. The van der Waals surface area contributed by atoms with Crippen LogP contribution in [0, 0.1) is 5.92 Å². The van der Waals surface area contributed by atoms with E-state index in [0.717, 1.165) is 15.6 Å². The Bertz CT molecular complexity index is 397. The summed E-state index contributed by atoms with van der Waals surface area (Å²) in [6.45, 7) is 2.10. The molecular formula is C12H14BrClO3.